The van der Waals surface area contributed by atoms with Crippen LogP contribution < -0.4 is 0 Å². The molecule has 0 spiro atoms. The molecule has 0 aromatic heterocycles. The van der Waals surface area contributed by atoms with Crippen molar-refractivity contribution in [3.8, 4) is 0 Å². The second-order valence-corrected chi connectivity index (χ2v) is 2.50. The van der Waals surface area contributed by atoms with Crippen LogP contribution in [0.5, 0.6) is 0 Å². The van der Waals surface area contributed by atoms with Crippen molar-refractivity contribution in [2.75, 3.05) is 0 Å². The Morgan fingerprint density at radius 1 is 1.42 bits per heavy atom. The fraction of sp³-hybridized carbons (Fsp3) is 0.222. The quantitative estimate of drug-likeness (QED) is 0.678. The molecule has 1 N–H and O–H groups in total. The fourth-order valence-corrected chi connectivity index (χ4v) is 0.971. The summed E-state index contributed by atoms with van der Waals surface area (Å²) in [6.45, 7) is 1.91. The molecular weight excluding hydrogens is 163 g/mol. The summed E-state index contributed by atoms with van der Waals surface area (Å²) < 4.78 is 0. The van der Waals surface area contributed by atoms with Gasteiger partial charge in [0, 0.05) is 0 Å². The Kier molecular flexibility index (Phi) is 5.22. The molecule has 1 rings (SSSR count). The van der Waals surface area contributed by atoms with Crippen molar-refractivity contribution < 1.29 is 9.90 Å². The average Bonchev–Trinajstić information content (AvgIpc) is 1.93. The van der Waals surface area contributed by atoms with Crippen LogP contribution in [-0.2, 0) is 11.2 Å². The van der Waals surface area contributed by atoms with Crippen molar-refractivity contribution in [3.63, 3.8) is 0 Å². The molecule has 0 fully saturated rings. The van der Waals surface area contributed by atoms with Gasteiger partial charge in [0.2, 0.25) is 0 Å². The van der Waals surface area contributed by atoms with E-state index in [0.29, 0.717) is 0 Å². The summed E-state index contributed by atoms with van der Waals surface area (Å²) in [6.07, 6.45) is 0.118. The van der Waals surface area contributed by atoms with Crippen LogP contribution in [0.3, 0.4) is 0 Å². The molecule has 2 nitrogen and oxygen atoms in total. The number of hydrogen-bond acceptors (Lipinski definition) is 1. The molecule has 0 amide bonds. The van der Waals surface area contributed by atoms with Crippen LogP contribution >= 0.6 is 0 Å². The van der Waals surface area contributed by atoms with E-state index in [1.165, 1.54) is 0 Å². The predicted octanol–water partition coefficient (Wildman–Crippen LogP) is 0.974. The number of aliphatic carboxylic acids is 1. The first-order valence-corrected chi connectivity index (χ1v) is 3.46. The van der Waals surface area contributed by atoms with E-state index in [9.17, 15) is 4.79 Å². The number of benzene rings is 1. The molecular formula is C9H11NaO2. The zero-order chi connectivity index (χ0) is 8.27. The Labute approximate surface area is 93.9 Å². The van der Waals surface area contributed by atoms with Crippen molar-refractivity contribution in [2.45, 2.75) is 13.3 Å². The second kappa shape index (κ2) is 5.36. The number of aryl methyl sites for hydroxylation is 1. The van der Waals surface area contributed by atoms with Crippen molar-refractivity contribution in [1.29, 1.82) is 0 Å². The summed E-state index contributed by atoms with van der Waals surface area (Å²) >= 11 is 0. The third-order valence-electron chi connectivity index (χ3n) is 1.60. The Morgan fingerprint density at radius 3 is 2.50 bits per heavy atom. The molecule has 0 atom stereocenters. The summed E-state index contributed by atoms with van der Waals surface area (Å²) in [7, 11) is 0. The van der Waals surface area contributed by atoms with Gasteiger partial charge in [0.25, 0.3) is 0 Å². The van der Waals surface area contributed by atoms with Gasteiger partial charge in [-0.1, -0.05) is 24.3 Å². The van der Waals surface area contributed by atoms with E-state index in [-0.39, 0.29) is 36.0 Å². The van der Waals surface area contributed by atoms with Crippen molar-refractivity contribution in [1.82, 2.24) is 0 Å². The molecule has 0 unspecified atom stereocenters. The van der Waals surface area contributed by atoms with Crippen LogP contribution in [0.15, 0.2) is 24.3 Å². The van der Waals surface area contributed by atoms with Crippen molar-refractivity contribution in [2.24, 2.45) is 0 Å². The van der Waals surface area contributed by atoms with E-state index < -0.39 is 5.97 Å². The van der Waals surface area contributed by atoms with E-state index in [0.717, 1.165) is 11.1 Å². The molecule has 1 aromatic rings. The summed E-state index contributed by atoms with van der Waals surface area (Å²) in [5.74, 6) is -0.778. The summed E-state index contributed by atoms with van der Waals surface area (Å²) in [5, 5.41) is 8.49. The van der Waals surface area contributed by atoms with E-state index in [4.69, 9.17) is 5.11 Å². The fourth-order valence-electron chi connectivity index (χ4n) is 0.971. The third kappa shape index (κ3) is 3.39. The van der Waals surface area contributed by atoms with E-state index in [1.54, 1.807) is 0 Å². The normalized spacial score (nSPS) is 8.75. The van der Waals surface area contributed by atoms with Gasteiger partial charge in [-0.15, -0.1) is 0 Å². The van der Waals surface area contributed by atoms with Gasteiger partial charge >= 0.3 is 35.5 Å². The molecule has 0 aliphatic rings. The zero-order valence-electron chi connectivity index (χ0n) is 6.37. The first-order chi connectivity index (χ1) is 5.20. The number of carbonyl (C=O) groups is 1. The average molecular weight is 174 g/mol. The van der Waals surface area contributed by atoms with Crippen LogP contribution in [0.25, 0.3) is 0 Å². The van der Waals surface area contributed by atoms with Gasteiger partial charge in [0.05, 0.1) is 6.42 Å². The van der Waals surface area contributed by atoms with Gasteiger partial charge in [-0.3, -0.25) is 4.79 Å². The van der Waals surface area contributed by atoms with Crippen LogP contribution in [-0.4, -0.2) is 40.6 Å². The monoisotopic (exact) mass is 174 g/mol. The van der Waals surface area contributed by atoms with Gasteiger partial charge in [-0.25, -0.2) is 0 Å². The first kappa shape index (κ1) is 11.7. The summed E-state index contributed by atoms with van der Waals surface area (Å²) in [5.41, 5.74) is 1.93. The molecule has 12 heavy (non-hydrogen) atoms. The van der Waals surface area contributed by atoms with E-state index >= 15 is 0 Å². The van der Waals surface area contributed by atoms with Gasteiger partial charge in [-0.05, 0) is 18.1 Å². The minimum atomic E-state index is -0.778. The molecule has 0 saturated carbocycles. The molecule has 0 aliphatic carbocycles. The first-order valence-electron chi connectivity index (χ1n) is 3.46. The SMILES string of the molecule is Cc1ccccc1CC(=O)O.[NaH]. The Hall–Kier alpha value is -0.310. The molecule has 60 valence electrons. The molecule has 0 bridgehead atoms. The number of carboxylic acid groups (broad SMARTS) is 1. The Bertz CT molecular complexity index is 271. The van der Waals surface area contributed by atoms with Gasteiger partial charge in [0.15, 0.2) is 0 Å². The van der Waals surface area contributed by atoms with Crippen LogP contribution in [0.1, 0.15) is 11.1 Å². The molecule has 1 aromatic carbocycles. The second-order valence-electron chi connectivity index (χ2n) is 2.50. The van der Waals surface area contributed by atoms with E-state index in [1.807, 2.05) is 31.2 Å². The standard InChI is InChI=1S/C9H10O2.Na.H/c1-7-4-2-3-5-8(7)6-9(10)11;;/h2-5H,6H2,1H3,(H,10,11);;. The minimum absolute atomic E-state index is 0. The van der Waals surface area contributed by atoms with Crippen LogP contribution in [0.2, 0.25) is 0 Å². The molecule has 0 heterocycles. The van der Waals surface area contributed by atoms with Crippen LogP contribution in [0.4, 0.5) is 0 Å². The third-order valence-corrected chi connectivity index (χ3v) is 1.60. The summed E-state index contributed by atoms with van der Waals surface area (Å²) in [6, 6.07) is 7.51. The maximum atomic E-state index is 10.3. The summed E-state index contributed by atoms with van der Waals surface area (Å²) in [4.78, 5) is 10.3. The van der Waals surface area contributed by atoms with Gasteiger partial charge in [0.1, 0.15) is 0 Å². The van der Waals surface area contributed by atoms with Crippen molar-refractivity contribution in [3.05, 3.63) is 35.4 Å². The predicted molar refractivity (Wildman–Crippen MR) is 49.7 cm³/mol. The van der Waals surface area contributed by atoms with Gasteiger partial charge < -0.3 is 5.11 Å². The van der Waals surface area contributed by atoms with E-state index in [2.05, 4.69) is 0 Å². The van der Waals surface area contributed by atoms with Gasteiger partial charge in [-0.2, -0.15) is 0 Å². The Morgan fingerprint density at radius 2 is 2.00 bits per heavy atom. The topological polar surface area (TPSA) is 37.3 Å². The van der Waals surface area contributed by atoms with Crippen LogP contribution in [0, 0.1) is 6.92 Å². The molecule has 0 aliphatic heterocycles. The maximum absolute atomic E-state index is 10.3. The molecule has 3 heteroatoms. The Balaban J connectivity index is 0.00000121. The zero-order valence-corrected chi connectivity index (χ0v) is 6.37. The number of hydrogen-bond donors (Lipinski definition) is 1. The van der Waals surface area contributed by atoms with Crippen molar-refractivity contribution >= 4 is 35.5 Å². The molecule has 0 radical (unpaired) electrons. The number of carboxylic acids is 1. The molecule has 0 saturated heterocycles. The number of rotatable bonds is 2.